The van der Waals surface area contributed by atoms with Gasteiger partial charge in [-0.05, 0) is 40.6 Å². The van der Waals surface area contributed by atoms with Crippen molar-refractivity contribution in [2.75, 3.05) is 14.2 Å². The Morgan fingerprint density at radius 2 is 1.65 bits per heavy atom. The van der Waals surface area contributed by atoms with Gasteiger partial charge < -0.3 is 9.64 Å². The maximum Gasteiger partial charge on any atom is 0.253 e. The normalized spacial score (nSPS) is 10.5. The molecule has 0 spiro atoms. The highest BCUT2D eigenvalue weighted by Gasteiger charge is 2.12. The van der Waals surface area contributed by atoms with Crippen LogP contribution in [0.3, 0.4) is 0 Å². The fourth-order valence-corrected chi connectivity index (χ4v) is 2.62. The number of methoxy groups -OCH3 is 1. The Morgan fingerprint density at radius 3 is 2.35 bits per heavy atom. The highest BCUT2D eigenvalue weighted by molar-refractivity contribution is 5.98. The van der Waals surface area contributed by atoms with Crippen LogP contribution in [0.1, 0.15) is 15.9 Å². The lowest BCUT2D eigenvalue weighted by atomic mass is 10.1. The maximum absolute atomic E-state index is 12.6. The van der Waals surface area contributed by atoms with Crippen LogP contribution in [0, 0.1) is 0 Å². The van der Waals surface area contributed by atoms with Gasteiger partial charge in [-0.2, -0.15) is 0 Å². The average Bonchev–Trinajstić information content (AvgIpc) is 2.61. The molecular weight excluding hydrogens is 286 g/mol. The number of nitrogens with zero attached hydrogens (tertiary/aromatic N) is 1. The number of carbonyl (C=O) groups excluding carboxylic acids is 1. The summed E-state index contributed by atoms with van der Waals surface area (Å²) < 4.78 is 5.15. The van der Waals surface area contributed by atoms with Crippen molar-refractivity contribution in [2.45, 2.75) is 6.54 Å². The fourth-order valence-electron chi connectivity index (χ4n) is 2.62. The number of benzene rings is 3. The molecule has 0 aromatic heterocycles. The second-order valence-corrected chi connectivity index (χ2v) is 5.57. The number of carbonyl (C=O) groups is 1. The van der Waals surface area contributed by atoms with E-state index in [1.54, 1.807) is 12.0 Å². The minimum Gasteiger partial charge on any atom is -0.497 e. The molecule has 1 amide bonds. The van der Waals surface area contributed by atoms with Gasteiger partial charge >= 0.3 is 0 Å². The monoisotopic (exact) mass is 305 g/mol. The van der Waals surface area contributed by atoms with Crippen molar-refractivity contribution in [1.82, 2.24) is 4.90 Å². The maximum atomic E-state index is 12.6. The molecule has 0 saturated carbocycles. The Labute approximate surface area is 136 Å². The van der Waals surface area contributed by atoms with Crippen LogP contribution in [0.15, 0.2) is 66.7 Å². The quantitative estimate of drug-likeness (QED) is 0.725. The van der Waals surface area contributed by atoms with Crippen molar-refractivity contribution in [3.8, 4) is 5.75 Å². The summed E-state index contributed by atoms with van der Waals surface area (Å²) in [5.41, 5.74) is 1.78. The number of hydrogen-bond acceptors (Lipinski definition) is 2. The van der Waals surface area contributed by atoms with E-state index in [1.165, 1.54) is 0 Å². The second-order valence-electron chi connectivity index (χ2n) is 5.57. The van der Waals surface area contributed by atoms with Crippen LogP contribution in [-0.2, 0) is 6.54 Å². The Kier molecular flexibility index (Phi) is 4.29. The summed E-state index contributed by atoms with van der Waals surface area (Å²) in [5.74, 6) is 0.837. The molecule has 3 aromatic carbocycles. The first-order valence-electron chi connectivity index (χ1n) is 7.54. The van der Waals surface area contributed by atoms with Crippen molar-refractivity contribution in [3.63, 3.8) is 0 Å². The van der Waals surface area contributed by atoms with E-state index in [0.717, 1.165) is 22.1 Å². The van der Waals surface area contributed by atoms with Crippen LogP contribution in [0.25, 0.3) is 10.8 Å². The molecule has 0 fully saturated rings. The fraction of sp³-hybridized carbons (Fsp3) is 0.150. The van der Waals surface area contributed by atoms with Gasteiger partial charge in [-0.3, -0.25) is 4.79 Å². The van der Waals surface area contributed by atoms with E-state index in [-0.39, 0.29) is 5.91 Å². The highest BCUT2D eigenvalue weighted by Crippen LogP contribution is 2.18. The molecule has 0 heterocycles. The van der Waals surface area contributed by atoms with Crippen LogP contribution in [-0.4, -0.2) is 25.0 Å². The summed E-state index contributed by atoms with van der Waals surface area (Å²) in [5, 5.41) is 2.22. The summed E-state index contributed by atoms with van der Waals surface area (Å²) in [6.45, 7) is 0.565. The standard InChI is InChI=1S/C20H19NO2/c1-21(14-15-7-11-19(23-2)12-8-15)20(22)18-10-9-16-5-3-4-6-17(16)13-18/h3-13H,14H2,1-2H3. The largest absolute Gasteiger partial charge is 0.497 e. The summed E-state index contributed by atoms with van der Waals surface area (Å²) in [7, 11) is 3.46. The van der Waals surface area contributed by atoms with E-state index >= 15 is 0 Å². The zero-order chi connectivity index (χ0) is 16.2. The topological polar surface area (TPSA) is 29.5 Å². The molecule has 0 radical (unpaired) electrons. The first-order valence-corrected chi connectivity index (χ1v) is 7.54. The molecule has 0 N–H and O–H groups in total. The molecule has 0 saturated heterocycles. The lowest BCUT2D eigenvalue weighted by Crippen LogP contribution is -2.26. The molecule has 23 heavy (non-hydrogen) atoms. The molecule has 3 heteroatoms. The lowest BCUT2D eigenvalue weighted by Gasteiger charge is -2.18. The molecule has 3 rings (SSSR count). The molecule has 3 nitrogen and oxygen atoms in total. The van der Waals surface area contributed by atoms with Crippen molar-refractivity contribution in [2.24, 2.45) is 0 Å². The van der Waals surface area contributed by atoms with Gasteiger partial charge in [0.15, 0.2) is 0 Å². The Bertz CT molecular complexity index is 824. The van der Waals surface area contributed by atoms with E-state index in [9.17, 15) is 4.79 Å². The van der Waals surface area contributed by atoms with E-state index in [1.807, 2.05) is 73.8 Å². The van der Waals surface area contributed by atoms with Crippen LogP contribution >= 0.6 is 0 Å². The average molecular weight is 305 g/mol. The highest BCUT2D eigenvalue weighted by atomic mass is 16.5. The van der Waals surface area contributed by atoms with Crippen LogP contribution in [0.2, 0.25) is 0 Å². The van der Waals surface area contributed by atoms with Gasteiger partial charge in [0.2, 0.25) is 0 Å². The van der Waals surface area contributed by atoms with Crippen molar-refractivity contribution in [3.05, 3.63) is 77.9 Å². The van der Waals surface area contributed by atoms with Gasteiger partial charge in [-0.1, -0.05) is 42.5 Å². The third kappa shape index (κ3) is 3.34. The zero-order valence-electron chi connectivity index (χ0n) is 13.3. The zero-order valence-corrected chi connectivity index (χ0v) is 13.3. The molecule has 0 bridgehead atoms. The van der Waals surface area contributed by atoms with Gasteiger partial charge in [0.25, 0.3) is 5.91 Å². The first-order chi connectivity index (χ1) is 11.2. The SMILES string of the molecule is COc1ccc(CN(C)C(=O)c2ccc3ccccc3c2)cc1. The van der Waals surface area contributed by atoms with Gasteiger partial charge in [0.05, 0.1) is 7.11 Å². The second kappa shape index (κ2) is 6.53. The molecule has 0 aliphatic carbocycles. The van der Waals surface area contributed by atoms with Gasteiger partial charge in [-0.25, -0.2) is 0 Å². The molecule has 0 atom stereocenters. The van der Waals surface area contributed by atoms with Crippen LogP contribution < -0.4 is 4.74 Å². The summed E-state index contributed by atoms with van der Waals surface area (Å²) in [6, 6.07) is 21.6. The van der Waals surface area contributed by atoms with E-state index < -0.39 is 0 Å². The summed E-state index contributed by atoms with van der Waals surface area (Å²) in [4.78, 5) is 14.3. The number of rotatable bonds is 4. The van der Waals surface area contributed by atoms with E-state index in [2.05, 4.69) is 0 Å². The molecule has 116 valence electrons. The summed E-state index contributed by atoms with van der Waals surface area (Å²) >= 11 is 0. The minimum atomic E-state index is 0.0200. The third-order valence-corrected chi connectivity index (χ3v) is 3.92. The van der Waals surface area contributed by atoms with Crippen molar-refractivity contribution >= 4 is 16.7 Å². The number of fused-ring (bicyclic) bond motifs is 1. The van der Waals surface area contributed by atoms with Crippen LogP contribution in [0.5, 0.6) is 5.75 Å². The molecule has 0 aliphatic heterocycles. The predicted octanol–water partition coefficient (Wildman–Crippen LogP) is 4.12. The van der Waals surface area contributed by atoms with Crippen molar-refractivity contribution in [1.29, 1.82) is 0 Å². The third-order valence-electron chi connectivity index (χ3n) is 3.92. The number of ether oxygens (including phenoxy) is 1. The van der Waals surface area contributed by atoms with E-state index in [4.69, 9.17) is 4.74 Å². The molecule has 0 unspecified atom stereocenters. The molecule has 0 aliphatic rings. The van der Waals surface area contributed by atoms with Gasteiger partial charge in [-0.15, -0.1) is 0 Å². The molecule has 3 aromatic rings. The Morgan fingerprint density at radius 1 is 0.957 bits per heavy atom. The first kappa shape index (κ1) is 15.1. The van der Waals surface area contributed by atoms with Gasteiger partial charge in [0.1, 0.15) is 5.75 Å². The Balaban J connectivity index is 1.77. The van der Waals surface area contributed by atoms with Crippen LogP contribution in [0.4, 0.5) is 0 Å². The molecular formula is C20H19NO2. The number of hydrogen-bond donors (Lipinski definition) is 0. The minimum absolute atomic E-state index is 0.0200. The van der Waals surface area contributed by atoms with E-state index in [0.29, 0.717) is 12.1 Å². The predicted molar refractivity (Wildman–Crippen MR) is 92.7 cm³/mol. The smallest absolute Gasteiger partial charge is 0.253 e. The van der Waals surface area contributed by atoms with Crippen molar-refractivity contribution < 1.29 is 9.53 Å². The van der Waals surface area contributed by atoms with Gasteiger partial charge in [0, 0.05) is 19.2 Å². The Hall–Kier alpha value is -2.81. The lowest BCUT2D eigenvalue weighted by molar-refractivity contribution is 0.0785. The summed E-state index contributed by atoms with van der Waals surface area (Å²) in [6.07, 6.45) is 0. The number of amides is 1.